The quantitative estimate of drug-likeness (QED) is 0.817. The van der Waals surface area contributed by atoms with Gasteiger partial charge in [-0.15, -0.1) is 0 Å². The highest BCUT2D eigenvalue weighted by atomic mass is 79.9. The van der Waals surface area contributed by atoms with Crippen molar-refractivity contribution in [2.75, 3.05) is 0 Å². The van der Waals surface area contributed by atoms with Crippen molar-refractivity contribution >= 4 is 27.5 Å². The second-order valence-corrected chi connectivity index (χ2v) is 6.34. The Hall–Kier alpha value is -0.0500. The Bertz CT molecular complexity index is 386. The van der Waals surface area contributed by atoms with Crippen LogP contribution in [-0.2, 0) is 0 Å². The number of aliphatic hydroxyl groups excluding tert-OH is 1. The third-order valence-corrected chi connectivity index (χ3v) is 5.12. The Morgan fingerprint density at radius 1 is 1.29 bits per heavy atom. The van der Waals surface area contributed by atoms with Gasteiger partial charge in [0.25, 0.3) is 0 Å². The molecular formula is C14H18BrClO. The van der Waals surface area contributed by atoms with Crippen LogP contribution in [0.1, 0.15) is 44.3 Å². The fraction of sp³-hybridized carbons (Fsp3) is 0.571. The minimum Gasteiger partial charge on any atom is -0.388 e. The summed E-state index contributed by atoms with van der Waals surface area (Å²) in [5.41, 5.74) is 0.862. The Morgan fingerprint density at radius 2 is 1.94 bits per heavy atom. The van der Waals surface area contributed by atoms with Crippen molar-refractivity contribution in [3.05, 3.63) is 33.3 Å². The molecule has 0 aliphatic heterocycles. The first-order valence-corrected chi connectivity index (χ1v) is 7.38. The van der Waals surface area contributed by atoms with Gasteiger partial charge in [-0.25, -0.2) is 0 Å². The summed E-state index contributed by atoms with van der Waals surface area (Å²) in [6.07, 6.45) is 4.21. The van der Waals surface area contributed by atoms with E-state index in [1.165, 1.54) is 12.8 Å². The highest BCUT2D eigenvalue weighted by molar-refractivity contribution is 9.10. The highest BCUT2D eigenvalue weighted by Crippen LogP contribution is 2.40. The molecule has 1 aliphatic rings. The van der Waals surface area contributed by atoms with Crippen LogP contribution in [0.25, 0.3) is 0 Å². The van der Waals surface area contributed by atoms with Gasteiger partial charge >= 0.3 is 0 Å². The molecule has 0 saturated heterocycles. The summed E-state index contributed by atoms with van der Waals surface area (Å²) in [5, 5.41) is 11.1. The smallest absolute Gasteiger partial charge is 0.0832 e. The van der Waals surface area contributed by atoms with E-state index < -0.39 is 6.10 Å². The molecule has 1 fully saturated rings. The number of hydrogen-bond acceptors (Lipinski definition) is 1. The SMILES string of the molecule is CC1CCC(C(O)c2cccc(Br)c2Cl)CC1. The topological polar surface area (TPSA) is 20.2 Å². The van der Waals surface area contributed by atoms with E-state index in [1.54, 1.807) is 0 Å². The van der Waals surface area contributed by atoms with Gasteiger partial charge in [-0.3, -0.25) is 0 Å². The van der Waals surface area contributed by atoms with Crippen molar-refractivity contribution in [1.29, 1.82) is 0 Å². The Balaban J connectivity index is 2.14. The molecule has 2 rings (SSSR count). The molecule has 1 nitrogen and oxygen atoms in total. The van der Waals surface area contributed by atoms with E-state index in [1.807, 2.05) is 18.2 Å². The van der Waals surface area contributed by atoms with Crippen molar-refractivity contribution in [2.24, 2.45) is 11.8 Å². The summed E-state index contributed by atoms with van der Waals surface area (Å²) in [4.78, 5) is 0. The van der Waals surface area contributed by atoms with Gasteiger partial charge in [-0.05, 0) is 46.7 Å². The third kappa shape index (κ3) is 3.04. The molecule has 0 heterocycles. The van der Waals surface area contributed by atoms with Gasteiger partial charge in [0.2, 0.25) is 0 Å². The number of halogens is 2. The van der Waals surface area contributed by atoms with Crippen LogP contribution >= 0.6 is 27.5 Å². The molecule has 0 spiro atoms. The maximum absolute atomic E-state index is 10.4. The van der Waals surface area contributed by atoms with E-state index in [9.17, 15) is 5.11 Å². The minimum atomic E-state index is -0.424. The molecule has 94 valence electrons. The van der Waals surface area contributed by atoms with Crippen molar-refractivity contribution in [1.82, 2.24) is 0 Å². The Morgan fingerprint density at radius 3 is 2.59 bits per heavy atom. The first-order valence-electron chi connectivity index (χ1n) is 6.21. The number of aliphatic hydroxyl groups is 1. The molecule has 0 amide bonds. The van der Waals surface area contributed by atoms with E-state index >= 15 is 0 Å². The van der Waals surface area contributed by atoms with Crippen LogP contribution < -0.4 is 0 Å². The predicted octanol–water partition coefficient (Wildman–Crippen LogP) is 4.96. The van der Waals surface area contributed by atoms with Crippen molar-refractivity contribution in [2.45, 2.75) is 38.7 Å². The van der Waals surface area contributed by atoms with Crippen LogP contribution in [0.4, 0.5) is 0 Å². The lowest BCUT2D eigenvalue weighted by atomic mass is 9.78. The van der Waals surface area contributed by atoms with Crippen molar-refractivity contribution in [3.63, 3.8) is 0 Å². The maximum Gasteiger partial charge on any atom is 0.0832 e. The van der Waals surface area contributed by atoms with Gasteiger partial charge in [-0.2, -0.15) is 0 Å². The zero-order valence-corrected chi connectivity index (χ0v) is 12.3. The first-order chi connectivity index (χ1) is 8.09. The molecule has 0 aromatic heterocycles. The molecule has 0 bridgehead atoms. The highest BCUT2D eigenvalue weighted by Gasteiger charge is 2.27. The number of benzene rings is 1. The van der Waals surface area contributed by atoms with E-state index in [0.717, 1.165) is 28.8 Å². The van der Waals surface area contributed by atoms with Crippen LogP contribution in [0.15, 0.2) is 22.7 Å². The van der Waals surface area contributed by atoms with Crippen LogP contribution in [-0.4, -0.2) is 5.11 Å². The molecule has 1 unspecified atom stereocenters. The minimum absolute atomic E-state index is 0.359. The average molecular weight is 318 g/mol. The number of rotatable bonds is 2. The molecule has 0 radical (unpaired) electrons. The lowest BCUT2D eigenvalue weighted by molar-refractivity contribution is 0.0756. The van der Waals surface area contributed by atoms with Gasteiger partial charge in [0.1, 0.15) is 0 Å². The normalized spacial score (nSPS) is 26.8. The third-order valence-electron chi connectivity index (χ3n) is 3.81. The molecule has 1 N–H and O–H groups in total. The summed E-state index contributed by atoms with van der Waals surface area (Å²) in [7, 11) is 0. The predicted molar refractivity (Wildman–Crippen MR) is 75.2 cm³/mol. The molecular weight excluding hydrogens is 300 g/mol. The van der Waals surface area contributed by atoms with E-state index in [2.05, 4.69) is 22.9 Å². The molecule has 1 saturated carbocycles. The lowest BCUT2D eigenvalue weighted by Gasteiger charge is -2.30. The van der Waals surface area contributed by atoms with E-state index in [4.69, 9.17) is 11.6 Å². The Kier molecular flexibility index (Phi) is 4.51. The second-order valence-electron chi connectivity index (χ2n) is 5.11. The monoisotopic (exact) mass is 316 g/mol. The lowest BCUT2D eigenvalue weighted by Crippen LogP contribution is -2.19. The fourth-order valence-electron chi connectivity index (χ4n) is 2.60. The van der Waals surface area contributed by atoms with Crippen LogP contribution in [0.2, 0.25) is 5.02 Å². The van der Waals surface area contributed by atoms with Gasteiger partial charge in [0.05, 0.1) is 11.1 Å². The summed E-state index contributed by atoms with van der Waals surface area (Å²) in [5.74, 6) is 1.16. The maximum atomic E-state index is 10.4. The van der Waals surface area contributed by atoms with E-state index in [0.29, 0.717) is 10.9 Å². The van der Waals surface area contributed by atoms with Crippen LogP contribution in [0.3, 0.4) is 0 Å². The van der Waals surface area contributed by atoms with Crippen LogP contribution in [0.5, 0.6) is 0 Å². The van der Waals surface area contributed by atoms with Gasteiger partial charge < -0.3 is 5.11 Å². The summed E-state index contributed by atoms with van der Waals surface area (Å²) in [6.45, 7) is 2.29. The largest absolute Gasteiger partial charge is 0.388 e. The molecule has 17 heavy (non-hydrogen) atoms. The van der Waals surface area contributed by atoms with Crippen molar-refractivity contribution < 1.29 is 5.11 Å². The zero-order valence-electron chi connectivity index (χ0n) is 10.00. The van der Waals surface area contributed by atoms with Crippen molar-refractivity contribution in [3.8, 4) is 0 Å². The van der Waals surface area contributed by atoms with E-state index in [-0.39, 0.29) is 0 Å². The number of hydrogen-bond donors (Lipinski definition) is 1. The zero-order chi connectivity index (χ0) is 12.4. The Labute approximate surface area is 116 Å². The molecule has 1 aromatic rings. The van der Waals surface area contributed by atoms with Gasteiger partial charge in [0.15, 0.2) is 0 Å². The van der Waals surface area contributed by atoms with Gasteiger partial charge in [0, 0.05) is 10.0 Å². The first kappa shape index (κ1) is 13.4. The summed E-state index contributed by atoms with van der Waals surface area (Å²) in [6, 6.07) is 5.76. The molecule has 1 atom stereocenters. The average Bonchev–Trinajstić information content (AvgIpc) is 2.33. The van der Waals surface area contributed by atoms with Crippen LogP contribution in [0, 0.1) is 11.8 Å². The van der Waals surface area contributed by atoms with Gasteiger partial charge in [-0.1, -0.05) is 43.5 Å². The summed E-state index contributed by atoms with van der Waals surface area (Å²) >= 11 is 9.63. The summed E-state index contributed by atoms with van der Waals surface area (Å²) < 4.78 is 0.861. The standard InChI is InChI=1S/C14H18BrClO/c1-9-5-7-10(8-6-9)14(17)11-3-2-4-12(15)13(11)16/h2-4,9-10,14,17H,5-8H2,1H3. The molecule has 1 aromatic carbocycles. The fourth-order valence-corrected chi connectivity index (χ4v) is 3.22. The molecule has 3 heteroatoms. The molecule has 1 aliphatic carbocycles. The second kappa shape index (κ2) is 5.73.